The summed E-state index contributed by atoms with van der Waals surface area (Å²) in [6.45, 7) is 0.636. The topological polar surface area (TPSA) is 49.7 Å². The first-order valence-corrected chi connectivity index (χ1v) is 8.77. The molecule has 3 nitrogen and oxygen atoms in total. The van der Waals surface area contributed by atoms with E-state index in [2.05, 4.69) is 27.6 Å². The molecule has 0 fully saturated rings. The molecule has 0 bridgehead atoms. The quantitative estimate of drug-likeness (QED) is 0.419. The summed E-state index contributed by atoms with van der Waals surface area (Å²) in [4.78, 5) is 16.3. The van der Waals surface area contributed by atoms with Gasteiger partial charge in [-0.3, -0.25) is 9.79 Å². The Labute approximate surface area is 147 Å². The van der Waals surface area contributed by atoms with E-state index in [4.69, 9.17) is 23.2 Å². The predicted molar refractivity (Wildman–Crippen MR) is 95.3 cm³/mol. The zero-order valence-corrected chi connectivity index (χ0v) is 14.8. The highest BCUT2D eigenvalue weighted by Crippen LogP contribution is 2.37. The number of hydrogen-bond acceptors (Lipinski definition) is 3. The van der Waals surface area contributed by atoms with Crippen LogP contribution in [0.4, 0.5) is 0 Å². The molecule has 0 aromatic heterocycles. The van der Waals surface area contributed by atoms with E-state index in [9.17, 15) is 9.90 Å². The number of carbonyl (C=O) groups excluding carboxylic acids is 1. The van der Waals surface area contributed by atoms with Crippen LogP contribution in [0.3, 0.4) is 0 Å². The lowest BCUT2D eigenvalue weighted by atomic mass is 9.83. The van der Waals surface area contributed by atoms with Crippen LogP contribution in [-0.2, 0) is 4.79 Å². The average molecular weight is 438 g/mol. The number of rotatable bonds is 4. The lowest BCUT2D eigenvalue weighted by Crippen LogP contribution is -2.19. The molecule has 0 amide bonds. The van der Waals surface area contributed by atoms with Gasteiger partial charge in [-0.2, -0.15) is 0 Å². The molecule has 6 heteroatoms. The molecular weight excluding hydrogens is 424 g/mol. The molecule has 1 aliphatic rings. The highest BCUT2D eigenvalue weighted by atomic mass is 127. The maximum Gasteiger partial charge on any atom is 0.168 e. The van der Waals surface area contributed by atoms with Gasteiger partial charge >= 0.3 is 0 Å². The van der Waals surface area contributed by atoms with Crippen LogP contribution in [0.25, 0.3) is 0 Å². The van der Waals surface area contributed by atoms with Crippen molar-refractivity contribution in [1.29, 1.82) is 0 Å². The molecular formula is C15H14Cl2INO2. The Balaban J connectivity index is 2.23. The molecule has 1 aromatic carbocycles. The number of carbonyl (C=O) groups is 1. The van der Waals surface area contributed by atoms with E-state index in [0.29, 0.717) is 35.0 Å². The monoisotopic (exact) mass is 437 g/mol. The lowest BCUT2D eigenvalue weighted by molar-refractivity contribution is -0.116. The third-order valence-electron chi connectivity index (χ3n) is 3.32. The molecule has 0 saturated carbocycles. The van der Waals surface area contributed by atoms with E-state index in [1.807, 2.05) is 6.07 Å². The molecule has 0 heterocycles. The lowest BCUT2D eigenvalue weighted by Gasteiger charge is -2.23. The maximum absolute atomic E-state index is 12.2. The number of alkyl halides is 1. The van der Waals surface area contributed by atoms with Gasteiger partial charge in [-0.25, -0.2) is 0 Å². The highest BCUT2D eigenvalue weighted by molar-refractivity contribution is 14.1. The van der Waals surface area contributed by atoms with Crippen LogP contribution in [0.15, 0.2) is 34.5 Å². The van der Waals surface area contributed by atoms with Gasteiger partial charge in [-0.1, -0.05) is 51.9 Å². The SMILES string of the molecule is O=C1CC(c2ccc(Cl)cc2Cl)CC(O)=C1C=NCCI. The molecule has 112 valence electrons. The molecule has 0 aliphatic heterocycles. The fourth-order valence-corrected chi connectivity index (χ4v) is 3.16. The van der Waals surface area contributed by atoms with Crippen molar-refractivity contribution in [3.63, 3.8) is 0 Å². The molecule has 2 rings (SSSR count). The number of aliphatic hydroxyl groups is 1. The number of benzene rings is 1. The van der Waals surface area contributed by atoms with Gasteiger partial charge < -0.3 is 5.11 Å². The summed E-state index contributed by atoms with van der Waals surface area (Å²) in [5.41, 5.74) is 1.16. The van der Waals surface area contributed by atoms with Gasteiger partial charge in [0.15, 0.2) is 5.78 Å². The molecule has 1 unspecified atom stereocenters. The van der Waals surface area contributed by atoms with Crippen LogP contribution >= 0.6 is 45.8 Å². The van der Waals surface area contributed by atoms with E-state index in [-0.39, 0.29) is 17.5 Å². The van der Waals surface area contributed by atoms with Gasteiger partial charge in [-0.05, 0) is 23.6 Å². The van der Waals surface area contributed by atoms with E-state index in [1.54, 1.807) is 12.1 Å². The summed E-state index contributed by atoms with van der Waals surface area (Å²) in [5.74, 6) is -0.143. The second-order valence-electron chi connectivity index (χ2n) is 4.78. The summed E-state index contributed by atoms with van der Waals surface area (Å²) >= 11 is 14.3. The van der Waals surface area contributed by atoms with Crippen molar-refractivity contribution in [2.45, 2.75) is 18.8 Å². The molecule has 0 spiro atoms. The minimum atomic E-state index is -0.121. The fraction of sp³-hybridized carbons (Fsp3) is 0.333. The van der Waals surface area contributed by atoms with Crippen molar-refractivity contribution in [2.75, 3.05) is 11.0 Å². The van der Waals surface area contributed by atoms with Crippen molar-refractivity contribution in [1.82, 2.24) is 0 Å². The largest absolute Gasteiger partial charge is 0.511 e. The third kappa shape index (κ3) is 4.20. The van der Waals surface area contributed by atoms with Crippen LogP contribution in [-0.4, -0.2) is 28.1 Å². The Morgan fingerprint density at radius 1 is 1.38 bits per heavy atom. The molecule has 1 aliphatic carbocycles. The summed E-state index contributed by atoms with van der Waals surface area (Å²) in [6.07, 6.45) is 2.19. The number of allylic oxidation sites excluding steroid dienone is 2. The second kappa shape index (κ2) is 7.61. The average Bonchev–Trinajstić information content (AvgIpc) is 2.41. The molecule has 1 atom stereocenters. The van der Waals surface area contributed by atoms with Crippen LogP contribution in [0.5, 0.6) is 0 Å². The van der Waals surface area contributed by atoms with Gasteiger partial charge in [0.1, 0.15) is 5.76 Å². The zero-order valence-electron chi connectivity index (χ0n) is 11.2. The Kier molecular flexibility index (Phi) is 6.08. The van der Waals surface area contributed by atoms with Gasteiger partial charge in [0.2, 0.25) is 0 Å². The summed E-state index contributed by atoms with van der Waals surface area (Å²) in [5, 5.41) is 11.2. The summed E-state index contributed by atoms with van der Waals surface area (Å²) < 4.78 is 0.875. The summed E-state index contributed by atoms with van der Waals surface area (Å²) in [7, 11) is 0. The second-order valence-corrected chi connectivity index (χ2v) is 6.70. The van der Waals surface area contributed by atoms with Gasteiger partial charge in [0.25, 0.3) is 0 Å². The Morgan fingerprint density at radius 2 is 2.14 bits per heavy atom. The first-order chi connectivity index (χ1) is 10.0. The van der Waals surface area contributed by atoms with Crippen molar-refractivity contribution < 1.29 is 9.90 Å². The standard InChI is InChI=1S/C15H14Cl2INO2/c16-10-1-2-11(13(17)7-10)9-5-14(20)12(15(21)6-9)8-19-4-3-18/h1-2,7-9,20H,3-6H2. The van der Waals surface area contributed by atoms with Crippen molar-refractivity contribution >= 4 is 57.8 Å². The highest BCUT2D eigenvalue weighted by Gasteiger charge is 2.28. The molecule has 1 aromatic rings. The molecule has 0 saturated heterocycles. The number of ketones is 1. The minimum absolute atomic E-state index is 0.0828. The summed E-state index contributed by atoms with van der Waals surface area (Å²) in [6, 6.07) is 5.21. The van der Waals surface area contributed by atoms with Crippen molar-refractivity contribution in [3.05, 3.63) is 45.1 Å². The predicted octanol–water partition coefficient (Wildman–Crippen LogP) is 4.76. The number of halogens is 3. The molecule has 21 heavy (non-hydrogen) atoms. The normalized spacial score (nSPS) is 19.6. The van der Waals surface area contributed by atoms with Gasteiger partial charge in [0.05, 0.1) is 5.57 Å². The number of hydrogen-bond donors (Lipinski definition) is 1. The van der Waals surface area contributed by atoms with E-state index < -0.39 is 0 Å². The first kappa shape index (κ1) is 16.8. The van der Waals surface area contributed by atoms with Crippen LogP contribution < -0.4 is 0 Å². The number of Topliss-reactive ketones (excluding diaryl/α,β-unsaturated/α-hetero) is 1. The van der Waals surface area contributed by atoms with E-state index in [0.717, 1.165) is 9.99 Å². The minimum Gasteiger partial charge on any atom is -0.511 e. The van der Waals surface area contributed by atoms with Gasteiger partial charge in [0, 0.05) is 40.1 Å². The van der Waals surface area contributed by atoms with Gasteiger partial charge in [-0.15, -0.1) is 0 Å². The van der Waals surface area contributed by atoms with Crippen molar-refractivity contribution in [3.8, 4) is 0 Å². The van der Waals surface area contributed by atoms with E-state index >= 15 is 0 Å². The Hall–Kier alpha value is -0.590. The Morgan fingerprint density at radius 3 is 2.76 bits per heavy atom. The number of nitrogens with zero attached hydrogens (tertiary/aromatic N) is 1. The van der Waals surface area contributed by atoms with Crippen molar-refractivity contribution in [2.24, 2.45) is 4.99 Å². The van der Waals surface area contributed by atoms with E-state index in [1.165, 1.54) is 6.21 Å². The molecule has 1 N–H and O–H groups in total. The fourth-order valence-electron chi connectivity index (χ4n) is 2.31. The zero-order chi connectivity index (χ0) is 15.4. The third-order valence-corrected chi connectivity index (χ3v) is 4.36. The Bertz CT molecular complexity index is 614. The first-order valence-electron chi connectivity index (χ1n) is 6.49. The van der Waals surface area contributed by atoms with Crippen LogP contribution in [0.2, 0.25) is 10.0 Å². The smallest absolute Gasteiger partial charge is 0.168 e. The molecule has 0 radical (unpaired) electrons. The van der Waals surface area contributed by atoms with Crippen LogP contribution in [0.1, 0.15) is 24.3 Å². The number of aliphatic imine (C=N–C) groups is 1. The number of aliphatic hydroxyl groups excluding tert-OH is 1. The maximum atomic E-state index is 12.2. The van der Waals surface area contributed by atoms with Crippen LogP contribution in [0, 0.1) is 0 Å².